The third kappa shape index (κ3) is 6.61. The van der Waals surface area contributed by atoms with Gasteiger partial charge in [0.05, 0.1) is 23.9 Å². The second kappa shape index (κ2) is 10.7. The van der Waals surface area contributed by atoms with Crippen LogP contribution in [0, 0.1) is 0 Å². The van der Waals surface area contributed by atoms with Crippen LogP contribution in [0.25, 0.3) is 0 Å². The third-order valence-corrected chi connectivity index (χ3v) is 3.20. The van der Waals surface area contributed by atoms with Crippen molar-refractivity contribution in [2.45, 2.75) is 52.0 Å². The van der Waals surface area contributed by atoms with Gasteiger partial charge >= 0.3 is 5.97 Å². The van der Waals surface area contributed by atoms with Crippen LogP contribution in [0.4, 0.5) is 5.69 Å². The Kier molecular flexibility index (Phi) is 8.72. The number of carbonyl (C=O) groups is 2. The van der Waals surface area contributed by atoms with Crippen molar-refractivity contribution >= 4 is 17.9 Å². The number of hydrogen-bond donors (Lipinski definition) is 0. The summed E-state index contributed by atoms with van der Waals surface area (Å²) >= 11 is 0. The number of hydrogen-bond acceptors (Lipinski definition) is 5. The van der Waals surface area contributed by atoms with E-state index in [9.17, 15) is 9.59 Å². The Morgan fingerprint density at radius 3 is 2.55 bits per heavy atom. The van der Waals surface area contributed by atoms with Gasteiger partial charge in [-0.2, -0.15) is 10.2 Å². The molecular formula is C17H24N2O3. The number of esters is 1. The highest BCUT2D eigenvalue weighted by atomic mass is 16.5. The summed E-state index contributed by atoms with van der Waals surface area (Å²) in [5, 5.41) is 8.59. The smallest absolute Gasteiger partial charge is 0.338 e. The molecule has 1 aromatic rings. The van der Waals surface area contributed by atoms with Gasteiger partial charge in [0.15, 0.2) is 0 Å². The minimum atomic E-state index is -0.330. The standard InChI is InChI=1S/C17H24N2O3/c1-3-7-15(8-5-6-13-20)18-19-16-11-9-14(10-12-16)17(21)22-4-2/h9-13,15H,3-8H2,1-2H3. The van der Waals surface area contributed by atoms with Crippen molar-refractivity contribution in [2.24, 2.45) is 10.2 Å². The molecule has 0 aliphatic carbocycles. The van der Waals surface area contributed by atoms with E-state index >= 15 is 0 Å². The molecule has 0 aliphatic heterocycles. The van der Waals surface area contributed by atoms with E-state index in [0.29, 0.717) is 24.3 Å². The summed E-state index contributed by atoms with van der Waals surface area (Å²) in [6.07, 6.45) is 5.22. The van der Waals surface area contributed by atoms with Gasteiger partial charge in [-0.05, 0) is 50.5 Å². The van der Waals surface area contributed by atoms with Crippen LogP contribution in [0.15, 0.2) is 34.5 Å². The second-order valence-corrected chi connectivity index (χ2v) is 5.02. The molecule has 0 saturated carbocycles. The summed E-state index contributed by atoms with van der Waals surface area (Å²) in [6.45, 7) is 4.25. The topological polar surface area (TPSA) is 68.1 Å². The number of benzene rings is 1. The lowest BCUT2D eigenvalue weighted by molar-refractivity contribution is -0.107. The molecule has 5 nitrogen and oxygen atoms in total. The summed E-state index contributed by atoms with van der Waals surface area (Å²) in [5.41, 5.74) is 1.22. The molecule has 0 N–H and O–H groups in total. The normalized spacial score (nSPS) is 12.3. The lowest BCUT2D eigenvalue weighted by atomic mass is 10.1. The lowest BCUT2D eigenvalue weighted by Gasteiger charge is -2.08. The summed E-state index contributed by atoms with van der Waals surface area (Å²) in [7, 11) is 0. The van der Waals surface area contributed by atoms with E-state index in [1.54, 1.807) is 31.2 Å². The van der Waals surface area contributed by atoms with Crippen LogP contribution < -0.4 is 0 Å². The van der Waals surface area contributed by atoms with Crippen LogP contribution in [0.3, 0.4) is 0 Å². The van der Waals surface area contributed by atoms with Crippen LogP contribution in [0.1, 0.15) is 56.3 Å². The zero-order valence-electron chi connectivity index (χ0n) is 13.3. The van der Waals surface area contributed by atoms with Gasteiger partial charge in [0, 0.05) is 6.42 Å². The molecule has 5 heteroatoms. The van der Waals surface area contributed by atoms with E-state index in [1.807, 2.05) is 0 Å². The fourth-order valence-electron chi connectivity index (χ4n) is 2.06. The molecule has 0 saturated heterocycles. The minimum absolute atomic E-state index is 0.148. The van der Waals surface area contributed by atoms with E-state index in [2.05, 4.69) is 17.2 Å². The first-order valence-corrected chi connectivity index (χ1v) is 7.82. The molecule has 120 valence electrons. The zero-order chi connectivity index (χ0) is 16.2. The molecule has 0 aliphatic rings. The maximum atomic E-state index is 11.5. The minimum Gasteiger partial charge on any atom is -0.462 e. The van der Waals surface area contributed by atoms with E-state index in [1.165, 1.54) is 0 Å². The molecule has 1 rings (SSSR count). The first-order valence-electron chi connectivity index (χ1n) is 7.82. The highest BCUT2D eigenvalue weighted by molar-refractivity contribution is 5.89. The summed E-state index contributed by atoms with van der Waals surface area (Å²) in [5.74, 6) is -0.330. The second-order valence-electron chi connectivity index (χ2n) is 5.02. The summed E-state index contributed by atoms with van der Waals surface area (Å²) < 4.78 is 4.93. The van der Waals surface area contributed by atoms with Crippen molar-refractivity contribution in [1.82, 2.24) is 0 Å². The molecule has 0 aromatic heterocycles. The van der Waals surface area contributed by atoms with Crippen LogP contribution in [0.5, 0.6) is 0 Å². The van der Waals surface area contributed by atoms with Gasteiger partial charge in [-0.25, -0.2) is 4.79 Å². The Hall–Kier alpha value is -2.04. The fourth-order valence-corrected chi connectivity index (χ4v) is 2.06. The maximum Gasteiger partial charge on any atom is 0.338 e. The Morgan fingerprint density at radius 2 is 1.95 bits per heavy atom. The van der Waals surface area contributed by atoms with Gasteiger partial charge in [-0.15, -0.1) is 0 Å². The van der Waals surface area contributed by atoms with E-state index in [0.717, 1.165) is 32.0 Å². The highest BCUT2D eigenvalue weighted by Gasteiger charge is 2.07. The maximum absolute atomic E-state index is 11.5. The molecule has 0 spiro atoms. The van der Waals surface area contributed by atoms with E-state index in [4.69, 9.17) is 4.74 Å². The van der Waals surface area contributed by atoms with Gasteiger partial charge in [-0.3, -0.25) is 0 Å². The van der Waals surface area contributed by atoms with Gasteiger partial charge in [0.25, 0.3) is 0 Å². The number of unbranched alkanes of at least 4 members (excludes halogenated alkanes) is 1. The fraction of sp³-hybridized carbons (Fsp3) is 0.529. The Labute approximate surface area is 131 Å². The Morgan fingerprint density at radius 1 is 1.23 bits per heavy atom. The molecule has 0 amide bonds. The Bertz CT molecular complexity index is 483. The van der Waals surface area contributed by atoms with Crippen molar-refractivity contribution in [1.29, 1.82) is 0 Å². The first kappa shape index (κ1) is 18.0. The average Bonchev–Trinajstić information content (AvgIpc) is 2.53. The van der Waals surface area contributed by atoms with Crippen LogP contribution >= 0.6 is 0 Å². The SMILES string of the molecule is CCCC(CCCC=O)N=Nc1ccc(C(=O)OCC)cc1. The molecule has 0 radical (unpaired) electrons. The van der Waals surface area contributed by atoms with Crippen molar-refractivity contribution < 1.29 is 14.3 Å². The molecule has 0 heterocycles. The molecule has 0 fully saturated rings. The third-order valence-electron chi connectivity index (χ3n) is 3.20. The number of carbonyl (C=O) groups excluding carboxylic acids is 2. The predicted octanol–water partition coefficient (Wildman–Crippen LogP) is 4.48. The van der Waals surface area contributed by atoms with Gasteiger partial charge in [-0.1, -0.05) is 13.3 Å². The van der Waals surface area contributed by atoms with Crippen LogP contribution in [-0.4, -0.2) is 24.9 Å². The first-order chi connectivity index (χ1) is 10.7. The Balaban J connectivity index is 2.62. The largest absolute Gasteiger partial charge is 0.462 e. The summed E-state index contributed by atoms with van der Waals surface area (Å²) in [4.78, 5) is 21.9. The van der Waals surface area contributed by atoms with E-state index in [-0.39, 0.29) is 12.0 Å². The molecular weight excluding hydrogens is 280 g/mol. The van der Waals surface area contributed by atoms with Crippen molar-refractivity contribution in [3.05, 3.63) is 29.8 Å². The van der Waals surface area contributed by atoms with Crippen LogP contribution in [-0.2, 0) is 9.53 Å². The highest BCUT2D eigenvalue weighted by Crippen LogP contribution is 2.18. The van der Waals surface area contributed by atoms with Gasteiger partial charge in [0.1, 0.15) is 6.29 Å². The van der Waals surface area contributed by atoms with Gasteiger partial charge < -0.3 is 9.53 Å². The van der Waals surface area contributed by atoms with Crippen LogP contribution in [0.2, 0.25) is 0 Å². The molecule has 0 bridgehead atoms. The average molecular weight is 304 g/mol. The zero-order valence-corrected chi connectivity index (χ0v) is 13.3. The lowest BCUT2D eigenvalue weighted by Crippen LogP contribution is -2.04. The van der Waals surface area contributed by atoms with Crippen molar-refractivity contribution in [3.63, 3.8) is 0 Å². The summed E-state index contributed by atoms with van der Waals surface area (Å²) in [6, 6.07) is 7.03. The number of ether oxygens (including phenoxy) is 1. The predicted molar refractivity (Wildman–Crippen MR) is 85.5 cm³/mol. The number of aldehydes is 1. The van der Waals surface area contributed by atoms with E-state index < -0.39 is 0 Å². The van der Waals surface area contributed by atoms with Crippen molar-refractivity contribution in [2.75, 3.05) is 6.61 Å². The van der Waals surface area contributed by atoms with Gasteiger partial charge in [0.2, 0.25) is 0 Å². The van der Waals surface area contributed by atoms with Crippen molar-refractivity contribution in [3.8, 4) is 0 Å². The molecule has 1 unspecified atom stereocenters. The number of nitrogens with zero attached hydrogens (tertiary/aromatic N) is 2. The quantitative estimate of drug-likeness (QED) is 0.277. The molecule has 1 atom stereocenters. The number of rotatable bonds is 10. The molecule has 22 heavy (non-hydrogen) atoms. The number of azo groups is 1. The molecule has 1 aromatic carbocycles. The monoisotopic (exact) mass is 304 g/mol.